The van der Waals surface area contributed by atoms with Crippen molar-refractivity contribution in [3.8, 4) is 11.5 Å². The largest absolute Gasteiger partial charge is 0.494 e. The Bertz CT molecular complexity index is 737. The van der Waals surface area contributed by atoms with Crippen LogP contribution < -0.4 is 20.3 Å². The second-order valence-electron chi connectivity index (χ2n) is 5.00. The first kappa shape index (κ1) is 18.7. The van der Waals surface area contributed by atoms with Crippen LogP contribution in [0.25, 0.3) is 0 Å². The molecule has 0 spiro atoms. The van der Waals surface area contributed by atoms with Gasteiger partial charge in [-0.05, 0) is 60.1 Å². The maximum atomic E-state index is 12.0. The number of ether oxygens (including phenoxy) is 2. The SMILES string of the molecule is CCOc1ccc(O[C@@H](C)C(=O)NNC(=O)c2cncc(Br)c2)cc1. The van der Waals surface area contributed by atoms with E-state index in [1.165, 1.54) is 6.20 Å². The molecule has 2 amide bonds. The Morgan fingerprint density at radius 2 is 1.84 bits per heavy atom. The van der Waals surface area contributed by atoms with E-state index in [9.17, 15) is 9.59 Å². The predicted molar refractivity (Wildman–Crippen MR) is 95.2 cm³/mol. The summed E-state index contributed by atoms with van der Waals surface area (Å²) in [5.74, 6) is 0.288. The van der Waals surface area contributed by atoms with E-state index in [1.54, 1.807) is 43.5 Å². The average molecular weight is 408 g/mol. The molecule has 132 valence electrons. The van der Waals surface area contributed by atoms with Gasteiger partial charge in [-0.15, -0.1) is 0 Å². The van der Waals surface area contributed by atoms with Crippen molar-refractivity contribution < 1.29 is 19.1 Å². The number of hydrogen-bond donors (Lipinski definition) is 2. The molecule has 0 radical (unpaired) electrons. The van der Waals surface area contributed by atoms with Crippen LogP contribution in [0, 0.1) is 0 Å². The Morgan fingerprint density at radius 1 is 1.16 bits per heavy atom. The molecule has 0 bridgehead atoms. The molecular formula is C17H18BrN3O4. The highest BCUT2D eigenvalue weighted by molar-refractivity contribution is 9.10. The van der Waals surface area contributed by atoms with Gasteiger partial charge >= 0.3 is 0 Å². The van der Waals surface area contributed by atoms with Crippen LogP contribution in [-0.4, -0.2) is 29.5 Å². The second-order valence-corrected chi connectivity index (χ2v) is 5.92. The lowest BCUT2D eigenvalue weighted by Crippen LogP contribution is -2.47. The summed E-state index contributed by atoms with van der Waals surface area (Å²) in [6.07, 6.45) is 2.16. The lowest BCUT2D eigenvalue weighted by atomic mass is 10.3. The van der Waals surface area contributed by atoms with E-state index < -0.39 is 17.9 Å². The summed E-state index contributed by atoms with van der Waals surface area (Å²) >= 11 is 3.23. The number of benzene rings is 1. The standard InChI is InChI=1S/C17H18BrN3O4/c1-3-24-14-4-6-15(7-5-14)25-11(2)16(22)20-21-17(23)12-8-13(18)10-19-9-12/h4-11H,3H2,1-2H3,(H,20,22)(H,21,23)/t11-/m0/s1. The third kappa shape index (κ3) is 5.75. The van der Waals surface area contributed by atoms with E-state index in [4.69, 9.17) is 9.47 Å². The molecule has 8 heteroatoms. The molecule has 2 N–H and O–H groups in total. The van der Waals surface area contributed by atoms with Gasteiger partial charge in [-0.3, -0.25) is 25.4 Å². The van der Waals surface area contributed by atoms with Gasteiger partial charge in [-0.1, -0.05) is 0 Å². The third-order valence-electron chi connectivity index (χ3n) is 3.08. The van der Waals surface area contributed by atoms with E-state index in [2.05, 4.69) is 31.8 Å². The number of aromatic nitrogens is 1. The topological polar surface area (TPSA) is 89.5 Å². The summed E-state index contributed by atoms with van der Waals surface area (Å²) in [4.78, 5) is 27.8. The van der Waals surface area contributed by atoms with Crippen molar-refractivity contribution in [2.75, 3.05) is 6.61 Å². The molecule has 0 unspecified atom stereocenters. The number of hydrogen-bond acceptors (Lipinski definition) is 5. The smallest absolute Gasteiger partial charge is 0.279 e. The van der Waals surface area contributed by atoms with Crippen LogP contribution in [0.3, 0.4) is 0 Å². The number of nitrogens with one attached hydrogen (secondary N) is 2. The second kappa shape index (κ2) is 9.03. The zero-order valence-electron chi connectivity index (χ0n) is 13.8. The van der Waals surface area contributed by atoms with Crippen LogP contribution >= 0.6 is 15.9 Å². The van der Waals surface area contributed by atoms with Crippen LogP contribution in [0.1, 0.15) is 24.2 Å². The van der Waals surface area contributed by atoms with Gasteiger partial charge in [-0.2, -0.15) is 0 Å². The minimum Gasteiger partial charge on any atom is -0.494 e. The van der Waals surface area contributed by atoms with Gasteiger partial charge in [-0.25, -0.2) is 0 Å². The van der Waals surface area contributed by atoms with Crippen LogP contribution in [0.4, 0.5) is 0 Å². The minimum absolute atomic E-state index is 0.315. The van der Waals surface area contributed by atoms with Gasteiger partial charge in [0.25, 0.3) is 11.8 Å². The normalized spacial score (nSPS) is 11.3. The number of rotatable bonds is 6. The maximum Gasteiger partial charge on any atom is 0.279 e. The Hall–Kier alpha value is -2.61. The number of nitrogens with zero attached hydrogens (tertiary/aromatic N) is 1. The summed E-state index contributed by atoms with van der Waals surface area (Å²) in [5.41, 5.74) is 4.95. The van der Waals surface area contributed by atoms with E-state index in [-0.39, 0.29) is 0 Å². The zero-order chi connectivity index (χ0) is 18.2. The van der Waals surface area contributed by atoms with E-state index in [0.29, 0.717) is 22.4 Å². The van der Waals surface area contributed by atoms with Gasteiger partial charge in [0.05, 0.1) is 12.2 Å². The van der Waals surface area contributed by atoms with Crippen molar-refractivity contribution >= 4 is 27.7 Å². The Morgan fingerprint density at radius 3 is 2.48 bits per heavy atom. The summed E-state index contributed by atoms with van der Waals surface area (Å²) in [6.45, 7) is 4.06. The Balaban J connectivity index is 1.84. The first-order valence-electron chi connectivity index (χ1n) is 7.60. The zero-order valence-corrected chi connectivity index (χ0v) is 15.4. The summed E-state index contributed by atoms with van der Waals surface area (Å²) in [6, 6.07) is 8.52. The maximum absolute atomic E-state index is 12.0. The number of hydrazine groups is 1. The van der Waals surface area contributed by atoms with Crippen LogP contribution in [0.15, 0.2) is 47.2 Å². The van der Waals surface area contributed by atoms with Gasteiger partial charge in [0.2, 0.25) is 0 Å². The molecule has 2 rings (SSSR count). The molecule has 25 heavy (non-hydrogen) atoms. The molecule has 0 fully saturated rings. The van der Waals surface area contributed by atoms with Gasteiger partial charge in [0, 0.05) is 16.9 Å². The molecule has 0 aliphatic rings. The monoisotopic (exact) mass is 407 g/mol. The highest BCUT2D eigenvalue weighted by Crippen LogP contribution is 2.18. The molecule has 1 aromatic heterocycles. The van der Waals surface area contributed by atoms with Crippen molar-refractivity contribution in [2.24, 2.45) is 0 Å². The Kier molecular flexibility index (Phi) is 6.76. The number of carbonyl (C=O) groups excluding carboxylic acids is 2. The third-order valence-corrected chi connectivity index (χ3v) is 3.52. The predicted octanol–water partition coefficient (Wildman–Crippen LogP) is 2.47. The van der Waals surface area contributed by atoms with E-state index in [1.807, 2.05) is 6.92 Å². The highest BCUT2D eigenvalue weighted by Gasteiger charge is 2.16. The van der Waals surface area contributed by atoms with Crippen LogP contribution in [-0.2, 0) is 4.79 Å². The summed E-state index contributed by atoms with van der Waals surface area (Å²) in [5, 5.41) is 0. The molecule has 1 atom stereocenters. The molecule has 2 aromatic rings. The van der Waals surface area contributed by atoms with E-state index >= 15 is 0 Å². The van der Waals surface area contributed by atoms with Crippen molar-refractivity contribution in [3.63, 3.8) is 0 Å². The molecular weight excluding hydrogens is 390 g/mol. The Labute approximate surface area is 153 Å². The van der Waals surface area contributed by atoms with Gasteiger partial charge < -0.3 is 9.47 Å². The molecule has 1 aromatic carbocycles. The van der Waals surface area contributed by atoms with Crippen molar-refractivity contribution in [1.29, 1.82) is 0 Å². The number of carbonyl (C=O) groups is 2. The summed E-state index contributed by atoms with van der Waals surface area (Å²) < 4.78 is 11.5. The lowest BCUT2D eigenvalue weighted by Gasteiger charge is -2.15. The minimum atomic E-state index is -0.793. The van der Waals surface area contributed by atoms with E-state index in [0.717, 1.165) is 5.75 Å². The van der Waals surface area contributed by atoms with Gasteiger partial charge in [0.1, 0.15) is 11.5 Å². The average Bonchev–Trinajstić information content (AvgIpc) is 2.61. The van der Waals surface area contributed by atoms with Gasteiger partial charge in [0.15, 0.2) is 6.10 Å². The lowest BCUT2D eigenvalue weighted by molar-refractivity contribution is -0.128. The number of pyridine rings is 1. The fraction of sp³-hybridized carbons (Fsp3) is 0.235. The first-order chi connectivity index (χ1) is 12.0. The quantitative estimate of drug-likeness (QED) is 0.717. The first-order valence-corrected chi connectivity index (χ1v) is 8.39. The molecule has 0 aliphatic carbocycles. The molecule has 7 nitrogen and oxygen atoms in total. The van der Waals surface area contributed by atoms with Crippen LogP contribution in [0.2, 0.25) is 0 Å². The fourth-order valence-electron chi connectivity index (χ4n) is 1.87. The summed E-state index contributed by atoms with van der Waals surface area (Å²) in [7, 11) is 0. The fourth-order valence-corrected chi connectivity index (χ4v) is 2.23. The molecule has 0 saturated heterocycles. The molecule has 0 aliphatic heterocycles. The highest BCUT2D eigenvalue weighted by atomic mass is 79.9. The van der Waals surface area contributed by atoms with Crippen LogP contribution in [0.5, 0.6) is 11.5 Å². The molecule has 1 heterocycles. The van der Waals surface area contributed by atoms with Crippen molar-refractivity contribution in [3.05, 3.63) is 52.8 Å². The molecule has 0 saturated carbocycles. The van der Waals surface area contributed by atoms with Crippen molar-refractivity contribution in [2.45, 2.75) is 20.0 Å². The number of halogens is 1. The number of amides is 2. The van der Waals surface area contributed by atoms with Crippen molar-refractivity contribution in [1.82, 2.24) is 15.8 Å².